The number of hydroxylamine groups is 2. The summed E-state index contributed by atoms with van der Waals surface area (Å²) in [6.07, 6.45) is 0. The summed E-state index contributed by atoms with van der Waals surface area (Å²) in [5.74, 6) is 0. The molecule has 2 aromatic rings. The van der Waals surface area contributed by atoms with Crippen LogP contribution in [0.1, 0.15) is 17.2 Å². The van der Waals surface area contributed by atoms with E-state index in [1.165, 1.54) is 0 Å². The summed E-state index contributed by atoms with van der Waals surface area (Å²) in [4.78, 5) is 7.56. The Morgan fingerprint density at radius 3 is 2.38 bits per heavy atom. The molecule has 0 aromatic heterocycles. The molecule has 0 amide bonds. The molecule has 0 spiro atoms. The van der Waals surface area contributed by atoms with Gasteiger partial charge in [-0.25, -0.2) is 13.1 Å². The van der Waals surface area contributed by atoms with E-state index in [4.69, 9.17) is 4.84 Å². The second-order valence-corrected chi connectivity index (χ2v) is 8.65. The van der Waals surface area contributed by atoms with Gasteiger partial charge in [0.2, 0.25) is 10.0 Å². The topological polar surface area (TPSA) is 61.9 Å². The molecule has 26 heavy (non-hydrogen) atoms. The Labute approximate surface area is 155 Å². The smallest absolute Gasteiger partial charge is 0.219 e. The summed E-state index contributed by atoms with van der Waals surface area (Å²) < 4.78 is 28.5. The van der Waals surface area contributed by atoms with Crippen LogP contribution >= 0.6 is 0 Å². The minimum Gasteiger partial charge on any atom is -0.378 e. The van der Waals surface area contributed by atoms with Crippen molar-refractivity contribution in [2.75, 3.05) is 32.6 Å². The van der Waals surface area contributed by atoms with Gasteiger partial charge in [-0.3, -0.25) is 4.84 Å². The fraction of sp³-hybridized carbons (Fsp3) is 0.368. The first-order valence-electron chi connectivity index (χ1n) is 8.54. The lowest BCUT2D eigenvalue weighted by Gasteiger charge is -2.24. The highest BCUT2D eigenvalue weighted by Gasteiger charge is 2.43. The van der Waals surface area contributed by atoms with E-state index in [9.17, 15) is 8.42 Å². The van der Waals surface area contributed by atoms with Crippen molar-refractivity contribution < 1.29 is 13.3 Å². The number of benzene rings is 2. The van der Waals surface area contributed by atoms with Gasteiger partial charge in [-0.05, 0) is 23.3 Å². The molecule has 2 atom stereocenters. The lowest BCUT2D eigenvalue weighted by molar-refractivity contribution is -0.110. The standard InChI is InChI=1S/C19H25N3O3S/c1-21(2)17-11-9-16(10-12-17)19-18(14-25-22(19)3)26(23,24)20-13-15-7-5-4-6-8-15/h4-12,18-20H,13-14H2,1-3H3/t18-,19-/m1/s1. The number of anilines is 1. The summed E-state index contributed by atoms with van der Waals surface area (Å²) in [6, 6.07) is 17.1. The van der Waals surface area contributed by atoms with E-state index in [0.717, 1.165) is 16.8 Å². The third-order valence-corrected chi connectivity index (χ3v) is 6.39. The first-order valence-corrected chi connectivity index (χ1v) is 10.1. The van der Waals surface area contributed by atoms with Gasteiger partial charge < -0.3 is 4.90 Å². The van der Waals surface area contributed by atoms with Crippen molar-refractivity contribution in [3.63, 3.8) is 0 Å². The predicted molar refractivity (Wildman–Crippen MR) is 103 cm³/mol. The van der Waals surface area contributed by atoms with Gasteiger partial charge in [0.25, 0.3) is 0 Å². The van der Waals surface area contributed by atoms with E-state index in [0.29, 0.717) is 0 Å². The zero-order valence-corrected chi connectivity index (χ0v) is 16.1. The van der Waals surface area contributed by atoms with Crippen LogP contribution < -0.4 is 9.62 Å². The normalized spacial score (nSPS) is 21.0. The molecular formula is C19H25N3O3S. The Balaban J connectivity index is 1.78. The van der Waals surface area contributed by atoms with Gasteiger partial charge >= 0.3 is 0 Å². The summed E-state index contributed by atoms with van der Waals surface area (Å²) in [7, 11) is 2.18. The Morgan fingerprint density at radius 2 is 1.77 bits per heavy atom. The molecule has 1 N–H and O–H groups in total. The van der Waals surface area contributed by atoms with Crippen LogP contribution in [0.15, 0.2) is 54.6 Å². The maximum Gasteiger partial charge on any atom is 0.219 e. The first kappa shape index (κ1) is 18.8. The third kappa shape index (κ3) is 4.07. The molecule has 0 radical (unpaired) electrons. The summed E-state index contributed by atoms with van der Waals surface area (Å²) >= 11 is 0. The summed E-state index contributed by atoms with van der Waals surface area (Å²) in [5.41, 5.74) is 2.91. The molecule has 0 saturated carbocycles. The monoisotopic (exact) mass is 375 g/mol. The molecule has 0 unspecified atom stereocenters. The molecule has 3 rings (SSSR count). The van der Waals surface area contributed by atoms with Gasteiger partial charge in [0.05, 0.1) is 12.6 Å². The maximum atomic E-state index is 12.9. The van der Waals surface area contributed by atoms with Crippen LogP contribution in [0.25, 0.3) is 0 Å². The molecular weight excluding hydrogens is 350 g/mol. The van der Waals surface area contributed by atoms with Crippen molar-refractivity contribution in [1.82, 2.24) is 9.79 Å². The highest BCUT2D eigenvalue weighted by Crippen LogP contribution is 2.34. The average Bonchev–Trinajstić information content (AvgIpc) is 3.03. The van der Waals surface area contributed by atoms with Crippen LogP contribution in [0.2, 0.25) is 0 Å². The fourth-order valence-corrected chi connectivity index (χ4v) is 4.63. The molecule has 2 aromatic carbocycles. The van der Waals surface area contributed by atoms with Crippen LogP contribution in [0, 0.1) is 0 Å². The quantitative estimate of drug-likeness (QED) is 0.838. The second kappa shape index (κ2) is 7.75. The molecule has 0 bridgehead atoms. The van der Waals surface area contributed by atoms with E-state index in [1.54, 1.807) is 12.1 Å². The SMILES string of the molecule is CN(C)c1ccc([C@@H]2[C@H](S(=O)(=O)NCc3ccccc3)CON2C)cc1. The molecule has 1 aliphatic rings. The van der Waals surface area contributed by atoms with Gasteiger partial charge in [0, 0.05) is 33.4 Å². The van der Waals surface area contributed by atoms with Crippen LogP contribution in [-0.4, -0.2) is 46.5 Å². The Morgan fingerprint density at radius 1 is 1.12 bits per heavy atom. The molecule has 1 fully saturated rings. The summed E-state index contributed by atoms with van der Waals surface area (Å²) in [5, 5.41) is 0.971. The van der Waals surface area contributed by atoms with Crippen molar-refractivity contribution in [1.29, 1.82) is 0 Å². The second-order valence-electron chi connectivity index (χ2n) is 6.66. The fourth-order valence-electron chi connectivity index (χ4n) is 3.14. The van der Waals surface area contributed by atoms with Gasteiger partial charge in [0.15, 0.2) is 0 Å². The Bertz CT molecular complexity index is 823. The van der Waals surface area contributed by atoms with Gasteiger partial charge in [0.1, 0.15) is 5.25 Å². The van der Waals surface area contributed by atoms with Crippen LogP contribution in [-0.2, 0) is 21.4 Å². The maximum absolute atomic E-state index is 12.9. The van der Waals surface area contributed by atoms with Crippen molar-refractivity contribution >= 4 is 15.7 Å². The van der Waals surface area contributed by atoms with Gasteiger partial charge in [-0.15, -0.1) is 0 Å². The zero-order valence-electron chi connectivity index (χ0n) is 15.3. The largest absolute Gasteiger partial charge is 0.378 e. The number of sulfonamides is 1. The number of hydrogen-bond acceptors (Lipinski definition) is 5. The van der Waals surface area contributed by atoms with E-state index in [1.807, 2.05) is 73.6 Å². The highest BCUT2D eigenvalue weighted by molar-refractivity contribution is 7.90. The van der Waals surface area contributed by atoms with E-state index < -0.39 is 15.3 Å². The van der Waals surface area contributed by atoms with E-state index in [-0.39, 0.29) is 19.2 Å². The van der Waals surface area contributed by atoms with Crippen molar-refractivity contribution in [2.24, 2.45) is 0 Å². The molecule has 1 heterocycles. The Kier molecular flexibility index (Phi) is 5.62. The number of nitrogens with zero attached hydrogens (tertiary/aromatic N) is 2. The predicted octanol–water partition coefficient (Wildman–Crippen LogP) is 2.16. The zero-order chi connectivity index (χ0) is 18.7. The van der Waals surface area contributed by atoms with Crippen LogP contribution in [0.4, 0.5) is 5.69 Å². The first-order chi connectivity index (χ1) is 12.4. The van der Waals surface area contributed by atoms with Crippen molar-refractivity contribution in [2.45, 2.75) is 17.8 Å². The summed E-state index contributed by atoms with van der Waals surface area (Å²) in [6.45, 7) is 0.413. The van der Waals surface area contributed by atoms with Crippen LogP contribution in [0.5, 0.6) is 0 Å². The third-order valence-electron chi connectivity index (χ3n) is 4.66. The lowest BCUT2D eigenvalue weighted by Crippen LogP contribution is -2.39. The minimum atomic E-state index is -3.54. The molecule has 6 nitrogen and oxygen atoms in total. The highest BCUT2D eigenvalue weighted by atomic mass is 32.2. The van der Waals surface area contributed by atoms with Crippen molar-refractivity contribution in [3.8, 4) is 0 Å². The lowest BCUT2D eigenvalue weighted by atomic mass is 10.0. The van der Waals surface area contributed by atoms with Gasteiger partial charge in [-0.1, -0.05) is 42.5 Å². The van der Waals surface area contributed by atoms with Crippen molar-refractivity contribution in [3.05, 3.63) is 65.7 Å². The number of nitrogens with one attached hydrogen (secondary N) is 1. The number of rotatable bonds is 6. The molecule has 1 saturated heterocycles. The van der Waals surface area contributed by atoms with Crippen LogP contribution in [0.3, 0.4) is 0 Å². The minimum absolute atomic E-state index is 0.140. The van der Waals surface area contributed by atoms with E-state index in [2.05, 4.69) is 4.72 Å². The van der Waals surface area contributed by atoms with E-state index >= 15 is 0 Å². The molecule has 7 heteroatoms. The molecule has 0 aliphatic carbocycles. The average molecular weight is 375 g/mol. The molecule has 140 valence electrons. The van der Waals surface area contributed by atoms with Gasteiger partial charge in [-0.2, -0.15) is 5.06 Å². The molecule has 1 aliphatic heterocycles. The number of hydrogen-bond donors (Lipinski definition) is 1. The Hall–Kier alpha value is -1.93.